The summed E-state index contributed by atoms with van der Waals surface area (Å²) in [6.07, 6.45) is 10.3. The summed E-state index contributed by atoms with van der Waals surface area (Å²) < 4.78 is 4.79. The van der Waals surface area contributed by atoms with E-state index in [4.69, 9.17) is 4.74 Å². The zero-order valence-corrected chi connectivity index (χ0v) is 19.7. The lowest BCUT2D eigenvalue weighted by Crippen LogP contribution is -2.30. The lowest BCUT2D eigenvalue weighted by molar-refractivity contribution is -0.384. The Hall–Kier alpha value is -3.82. The first-order valence-corrected chi connectivity index (χ1v) is 11.9. The number of carbonyl (C=O) groups is 2. The number of nitrogens with zero attached hydrogens (tertiary/aromatic N) is 3. The number of hydrogen-bond acceptors (Lipinski definition) is 8. The number of nitrogens with one attached hydrogen (secondary N) is 2. The predicted molar refractivity (Wildman–Crippen MR) is 131 cm³/mol. The molecule has 1 saturated carbocycles. The maximum atomic E-state index is 12.6. The molecule has 35 heavy (non-hydrogen) atoms. The monoisotopic (exact) mass is 479 g/mol. The van der Waals surface area contributed by atoms with Gasteiger partial charge in [0.15, 0.2) is 0 Å². The van der Waals surface area contributed by atoms with Gasteiger partial charge in [-0.05, 0) is 75.1 Å². The van der Waals surface area contributed by atoms with E-state index in [1.54, 1.807) is 18.2 Å². The number of rotatable bonds is 7. The number of aromatic nitrogens is 2. The first-order chi connectivity index (χ1) is 16.9. The molecule has 0 aliphatic heterocycles. The summed E-state index contributed by atoms with van der Waals surface area (Å²) in [6, 6.07) is 6.49. The van der Waals surface area contributed by atoms with E-state index in [-0.39, 0.29) is 35.2 Å². The van der Waals surface area contributed by atoms with E-state index in [9.17, 15) is 19.7 Å². The van der Waals surface area contributed by atoms with Crippen molar-refractivity contribution < 1.29 is 19.2 Å². The summed E-state index contributed by atoms with van der Waals surface area (Å²) in [6.45, 7) is 0. The Balaban J connectivity index is 1.40. The number of hydrogen-bond donors (Lipinski definition) is 2. The molecule has 0 radical (unpaired) electrons. The van der Waals surface area contributed by atoms with Gasteiger partial charge in [-0.1, -0.05) is 6.08 Å². The van der Waals surface area contributed by atoms with Crippen LogP contribution in [0.15, 0.2) is 36.5 Å². The number of anilines is 3. The molecule has 2 aliphatic rings. The number of amides is 1. The molecule has 0 unspecified atom stereocenters. The van der Waals surface area contributed by atoms with Crippen LogP contribution in [0, 0.1) is 22.0 Å². The van der Waals surface area contributed by atoms with Crippen molar-refractivity contribution in [3.63, 3.8) is 0 Å². The molecule has 10 heteroatoms. The quantitative estimate of drug-likeness (QED) is 0.321. The zero-order valence-electron chi connectivity index (χ0n) is 19.7. The molecule has 0 spiro atoms. The average Bonchev–Trinajstić information content (AvgIpc) is 2.89. The van der Waals surface area contributed by atoms with Crippen molar-refractivity contribution in [1.82, 2.24) is 9.97 Å². The van der Waals surface area contributed by atoms with Gasteiger partial charge in [0, 0.05) is 12.0 Å². The van der Waals surface area contributed by atoms with E-state index < -0.39 is 4.92 Å². The van der Waals surface area contributed by atoms with E-state index >= 15 is 0 Å². The number of pyridine rings is 2. The Labute approximate surface area is 203 Å². The van der Waals surface area contributed by atoms with Crippen molar-refractivity contribution >= 4 is 40.5 Å². The van der Waals surface area contributed by atoms with Crippen LogP contribution >= 0.6 is 0 Å². The van der Waals surface area contributed by atoms with Crippen LogP contribution in [-0.2, 0) is 14.3 Å². The molecule has 1 fully saturated rings. The molecule has 0 atom stereocenters. The van der Waals surface area contributed by atoms with Gasteiger partial charge < -0.3 is 15.4 Å². The minimum Gasteiger partial charge on any atom is -0.469 e. The molecule has 0 aromatic carbocycles. The fourth-order valence-electron chi connectivity index (χ4n) is 4.61. The number of methoxy groups -OCH3 is 1. The third-order valence-electron chi connectivity index (χ3n) is 6.60. The molecule has 1 amide bonds. The van der Waals surface area contributed by atoms with Crippen LogP contribution in [-0.4, -0.2) is 33.9 Å². The van der Waals surface area contributed by atoms with Crippen molar-refractivity contribution in [2.24, 2.45) is 11.8 Å². The highest BCUT2D eigenvalue weighted by molar-refractivity contribution is 5.92. The highest BCUT2D eigenvalue weighted by Gasteiger charge is 2.30. The predicted octanol–water partition coefficient (Wildman–Crippen LogP) is 5.00. The van der Waals surface area contributed by atoms with E-state index in [0.717, 1.165) is 37.0 Å². The third kappa shape index (κ3) is 6.00. The van der Waals surface area contributed by atoms with Crippen LogP contribution < -0.4 is 10.6 Å². The summed E-state index contributed by atoms with van der Waals surface area (Å²) in [5, 5.41) is 17.3. The standard InChI is InChI=1S/C25H29N5O5/c1-35-25(32)18-9-7-17(8-10-18)24(31)29-22-14-11-19(15-26-22)27-23-21(30(33)34)13-12-20(28-23)16-5-3-2-4-6-16/h5,11-15,17-18H,2-4,6-10H2,1H3,(H,27,28)(H,26,29,31). The Morgan fingerprint density at radius 1 is 1.09 bits per heavy atom. The van der Waals surface area contributed by atoms with Crippen LogP contribution in [0.2, 0.25) is 0 Å². The number of esters is 1. The van der Waals surface area contributed by atoms with Crippen LogP contribution in [0.1, 0.15) is 57.1 Å². The van der Waals surface area contributed by atoms with Crippen molar-refractivity contribution in [2.75, 3.05) is 17.7 Å². The summed E-state index contributed by atoms with van der Waals surface area (Å²) in [5.41, 5.74) is 2.24. The molecular weight excluding hydrogens is 450 g/mol. The van der Waals surface area contributed by atoms with Gasteiger partial charge in [-0.15, -0.1) is 0 Å². The summed E-state index contributed by atoms with van der Waals surface area (Å²) in [4.78, 5) is 44.1. The summed E-state index contributed by atoms with van der Waals surface area (Å²) in [7, 11) is 1.38. The molecule has 0 bridgehead atoms. The van der Waals surface area contributed by atoms with Crippen LogP contribution in [0.5, 0.6) is 0 Å². The number of carbonyl (C=O) groups excluding carboxylic acids is 2. The SMILES string of the molecule is COC(=O)C1CCC(C(=O)Nc2ccc(Nc3nc(C4=CCCCC4)ccc3[N+](=O)[O-])cn2)CC1. The van der Waals surface area contributed by atoms with Gasteiger partial charge in [-0.3, -0.25) is 19.7 Å². The van der Waals surface area contributed by atoms with Gasteiger partial charge in [0.1, 0.15) is 5.82 Å². The summed E-state index contributed by atoms with van der Waals surface area (Å²) >= 11 is 0. The number of allylic oxidation sites excluding steroid dienone is 2. The highest BCUT2D eigenvalue weighted by atomic mass is 16.6. The highest BCUT2D eigenvalue weighted by Crippen LogP contribution is 2.32. The molecule has 4 rings (SSSR count). The zero-order chi connectivity index (χ0) is 24.8. The third-order valence-corrected chi connectivity index (χ3v) is 6.60. The number of nitro groups is 1. The minimum atomic E-state index is -0.467. The van der Waals surface area contributed by atoms with E-state index in [2.05, 4.69) is 26.7 Å². The lowest BCUT2D eigenvalue weighted by atomic mass is 9.81. The molecule has 2 heterocycles. The largest absolute Gasteiger partial charge is 0.469 e. The van der Waals surface area contributed by atoms with E-state index in [0.29, 0.717) is 37.2 Å². The van der Waals surface area contributed by atoms with Gasteiger partial charge >= 0.3 is 11.7 Å². The molecule has 2 aromatic rings. The van der Waals surface area contributed by atoms with Crippen molar-refractivity contribution in [3.8, 4) is 0 Å². The van der Waals surface area contributed by atoms with Gasteiger partial charge in [0.25, 0.3) is 0 Å². The molecule has 2 aromatic heterocycles. The van der Waals surface area contributed by atoms with Gasteiger partial charge in [-0.2, -0.15) is 0 Å². The van der Waals surface area contributed by atoms with Crippen LogP contribution in [0.25, 0.3) is 5.57 Å². The van der Waals surface area contributed by atoms with Crippen molar-refractivity contribution in [2.45, 2.75) is 51.4 Å². The Morgan fingerprint density at radius 3 is 2.49 bits per heavy atom. The second-order valence-electron chi connectivity index (χ2n) is 8.91. The van der Waals surface area contributed by atoms with Gasteiger partial charge in [0.2, 0.25) is 11.7 Å². The maximum absolute atomic E-state index is 12.6. The maximum Gasteiger partial charge on any atom is 0.311 e. The average molecular weight is 480 g/mol. The molecule has 2 N–H and O–H groups in total. The molecular formula is C25H29N5O5. The van der Waals surface area contributed by atoms with E-state index in [1.165, 1.54) is 19.4 Å². The fraction of sp³-hybridized carbons (Fsp3) is 0.440. The number of ether oxygens (including phenoxy) is 1. The van der Waals surface area contributed by atoms with Crippen molar-refractivity contribution in [3.05, 3.63) is 52.3 Å². The molecule has 2 aliphatic carbocycles. The second-order valence-corrected chi connectivity index (χ2v) is 8.91. The van der Waals surface area contributed by atoms with Gasteiger partial charge in [-0.25, -0.2) is 9.97 Å². The first-order valence-electron chi connectivity index (χ1n) is 11.9. The normalized spacial score (nSPS) is 19.9. The van der Waals surface area contributed by atoms with Crippen LogP contribution in [0.3, 0.4) is 0 Å². The fourth-order valence-corrected chi connectivity index (χ4v) is 4.61. The van der Waals surface area contributed by atoms with Crippen LogP contribution in [0.4, 0.5) is 23.0 Å². The molecule has 0 saturated heterocycles. The van der Waals surface area contributed by atoms with E-state index in [1.807, 2.05) is 0 Å². The Kier molecular flexibility index (Phi) is 7.69. The second kappa shape index (κ2) is 11.1. The molecule has 184 valence electrons. The Morgan fingerprint density at radius 2 is 1.86 bits per heavy atom. The van der Waals surface area contributed by atoms with Crippen molar-refractivity contribution in [1.29, 1.82) is 0 Å². The topological polar surface area (TPSA) is 136 Å². The first kappa shape index (κ1) is 24.3. The van der Waals surface area contributed by atoms with Gasteiger partial charge in [0.05, 0.1) is 35.5 Å². The Bertz CT molecular complexity index is 1120. The summed E-state index contributed by atoms with van der Waals surface area (Å²) in [5.74, 6) is -0.131. The lowest BCUT2D eigenvalue weighted by Gasteiger charge is -2.25. The molecule has 10 nitrogen and oxygen atoms in total. The minimum absolute atomic E-state index is 0.120. The smallest absolute Gasteiger partial charge is 0.311 e.